The number of amides is 2. The molecule has 2 heterocycles. The fraction of sp³-hybridized carbons (Fsp3) is 0.316. The number of hydrogen-bond donors (Lipinski definition) is 2. The molecule has 0 unspecified atom stereocenters. The van der Waals surface area contributed by atoms with Crippen molar-refractivity contribution in [2.75, 3.05) is 13.2 Å². The number of carbonyl (C=O) groups excluding carboxylic acids is 2. The van der Waals surface area contributed by atoms with Gasteiger partial charge in [0.2, 0.25) is 5.91 Å². The van der Waals surface area contributed by atoms with E-state index in [1.165, 1.54) is 0 Å². The summed E-state index contributed by atoms with van der Waals surface area (Å²) in [6.07, 6.45) is 0.304. The van der Waals surface area contributed by atoms with E-state index in [-0.39, 0.29) is 18.1 Å². The number of primary amides is 1. The fourth-order valence-corrected chi connectivity index (χ4v) is 2.78. The van der Waals surface area contributed by atoms with Gasteiger partial charge >= 0.3 is 0 Å². The molecule has 0 bridgehead atoms. The number of nitrogens with two attached hydrogens (primary N) is 1. The van der Waals surface area contributed by atoms with E-state index in [2.05, 4.69) is 10.3 Å². The summed E-state index contributed by atoms with van der Waals surface area (Å²) in [5, 5.41) is 2.98. The number of ether oxygens (including phenoxy) is 2. The van der Waals surface area contributed by atoms with Crippen LogP contribution < -0.4 is 15.8 Å². The second-order valence-electron chi connectivity index (χ2n) is 6.15. The van der Waals surface area contributed by atoms with Crippen LogP contribution in [0.25, 0.3) is 0 Å². The minimum atomic E-state index is -0.492. The third-order valence-electron chi connectivity index (χ3n) is 4.17. The first-order valence-corrected chi connectivity index (χ1v) is 8.42. The van der Waals surface area contributed by atoms with Crippen molar-refractivity contribution in [1.82, 2.24) is 10.3 Å². The highest BCUT2D eigenvalue weighted by Gasteiger charge is 2.29. The number of pyridine rings is 1. The predicted molar refractivity (Wildman–Crippen MR) is 95.0 cm³/mol. The van der Waals surface area contributed by atoms with E-state index in [9.17, 15) is 9.59 Å². The molecule has 1 aromatic carbocycles. The maximum Gasteiger partial charge on any atom is 0.270 e. The number of nitrogens with zero attached hydrogens (tertiary/aromatic N) is 1. The van der Waals surface area contributed by atoms with Crippen LogP contribution in [0.3, 0.4) is 0 Å². The van der Waals surface area contributed by atoms with E-state index in [1.54, 1.807) is 36.4 Å². The average Bonchev–Trinajstić information content (AvgIpc) is 2.64. The summed E-state index contributed by atoms with van der Waals surface area (Å²) in [6, 6.07) is 11.7. The van der Waals surface area contributed by atoms with Gasteiger partial charge < -0.3 is 20.5 Å². The molecule has 2 atom stereocenters. The minimum Gasteiger partial charge on any atom is -0.486 e. The van der Waals surface area contributed by atoms with Crippen LogP contribution in [0.1, 0.15) is 33.0 Å². The lowest BCUT2D eigenvalue weighted by atomic mass is 10.1. The third-order valence-corrected chi connectivity index (χ3v) is 4.17. The quantitative estimate of drug-likeness (QED) is 0.845. The molecule has 1 aromatic heterocycles. The molecule has 1 fully saturated rings. The second kappa shape index (κ2) is 7.97. The van der Waals surface area contributed by atoms with Crippen molar-refractivity contribution in [1.29, 1.82) is 0 Å². The molecule has 1 aliphatic heterocycles. The van der Waals surface area contributed by atoms with Gasteiger partial charge in [-0.3, -0.25) is 9.59 Å². The van der Waals surface area contributed by atoms with E-state index in [4.69, 9.17) is 15.2 Å². The number of benzene rings is 1. The molecule has 1 aliphatic rings. The lowest BCUT2D eigenvalue weighted by Gasteiger charge is -2.32. The number of aromatic nitrogens is 1. The zero-order valence-corrected chi connectivity index (χ0v) is 14.5. The van der Waals surface area contributed by atoms with Crippen molar-refractivity contribution < 1.29 is 19.1 Å². The zero-order chi connectivity index (χ0) is 18.5. The van der Waals surface area contributed by atoms with Crippen LogP contribution >= 0.6 is 0 Å². The number of nitrogens with one attached hydrogen (secondary N) is 1. The first-order chi connectivity index (χ1) is 12.5. The Bertz CT molecular complexity index is 792. The van der Waals surface area contributed by atoms with Gasteiger partial charge in [0.25, 0.3) is 5.91 Å². The normalized spacial score (nSPS) is 19.6. The summed E-state index contributed by atoms with van der Waals surface area (Å²) in [6.45, 7) is 2.75. The summed E-state index contributed by atoms with van der Waals surface area (Å²) in [5.74, 6) is -0.148. The smallest absolute Gasteiger partial charge is 0.270 e. The molecule has 2 amide bonds. The van der Waals surface area contributed by atoms with Crippen molar-refractivity contribution in [2.24, 2.45) is 5.73 Å². The van der Waals surface area contributed by atoms with Crippen LogP contribution in [0.15, 0.2) is 42.5 Å². The molecule has 0 radical (unpaired) electrons. The van der Waals surface area contributed by atoms with Gasteiger partial charge in [-0.1, -0.05) is 6.07 Å². The molecule has 26 heavy (non-hydrogen) atoms. The molecule has 0 aliphatic carbocycles. The highest BCUT2D eigenvalue weighted by atomic mass is 16.5. The molecule has 0 spiro atoms. The standard InChI is InChI=1S/C19H21N3O4/c1-12-3-2-4-16(21-12)19(24)22-15-9-10-25-11-17(15)26-14-7-5-13(6-8-14)18(20)23/h2-8,15,17H,9-11H2,1H3,(H2,20,23)(H,22,24)/t15-,17-/m1/s1. The van der Waals surface area contributed by atoms with Gasteiger partial charge in [-0.25, -0.2) is 4.98 Å². The number of rotatable bonds is 5. The minimum absolute atomic E-state index is 0.200. The molecule has 7 heteroatoms. The predicted octanol–water partition coefficient (Wildman–Crippen LogP) is 1.46. The Morgan fingerprint density at radius 1 is 1.23 bits per heavy atom. The van der Waals surface area contributed by atoms with Gasteiger partial charge in [0.1, 0.15) is 17.5 Å². The second-order valence-corrected chi connectivity index (χ2v) is 6.15. The first kappa shape index (κ1) is 17.9. The SMILES string of the molecule is Cc1cccc(C(=O)N[C@@H]2CCOC[C@H]2Oc2ccc(C(N)=O)cc2)n1. The highest BCUT2D eigenvalue weighted by Crippen LogP contribution is 2.19. The Labute approximate surface area is 151 Å². The highest BCUT2D eigenvalue weighted by molar-refractivity contribution is 5.93. The van der Waals surface area contributed by atoms with Gasteiger partial charge in [-0.15, -0.1) is 0 Å². The molecule has 3 N–H and O–H groups in total. The Morgan fingerprint density at radius 3 is 2.69 bits per heavy atom. The number of aryl methyl sites for hydroxylation is 1. The van der Waals surface area contributed by atoms with Gasteiger partial charge in [-0.05, 0) is 49.7 Å². The van der Waals surface area contributed by atoms with Crippen LogP contribution in [0.5, 0.6) is 5.75 Å². The molecule has 3 rings (SSSR count). The molecular formula is C19H21N3O4. The maximum atomic E-state index is 12.5. The Kier molecular flexibility index (Phi) is 5.48. The van der Waals surface area contributed by atoms with Crippen molar-refractivity contribution in [3.63, 3.8) is 0 Å². The van der Waals surface area contributed by atoms with E-state index in [1.807, 2.05) is 13.0 Å². The molecule has 1 saturated heterocycles. The Balaban J connectivity index is 1.67. The van der Waals surface area contributed by atoms with E-state index >= 15 is 0 Å². The van der Waals surface area contributed by atoms with Crippen molar-refractivity contribution in [3.05, 3.63) is 59.4 Å². The Hall–Kier alpha value is -2.93. The van der Waals surface area contributed by atoms with Gasteiger partial charge in [0.05, 0.1) is 12.6 Å². The van der Waals surface area contributed by atoms with E-state index in [0.717, 1.165) is 5.69 Å². The molecular weight excluding hydrogens is 334 g/mol. The lowest BCUT2D eigenvalue weighted by molar-refractivity contribution is -0.0135. The monoisotopic (exact) mass is 355 g/mol. The van der Waals surface area contributed by atoms with Crippen LogP contribution in [-0.2, 0) is 4.74 Å². The van der Waals surface area contributed by atoms with E-state index < -0.39 is 5.91 Å². The zero-order valence-electron chi connectivity index (χ0n) is 14.5. The fourth-order valence-electron chi connectivity index (χ4n) is 2.78. The van der Waals surface area contributed by atoms with Crippen molar-refractivity contribution in [3.8, 4) is 5.75 Å². The number of carbonyl (C=O) groups is 2. The van der Waals surface area contributed by atoms with Gasteiger partial charge in [0, 0.05) is 17.9 Å². The topological polar surface area (TPSA) is 104 Å². The van der Waals surface area contributed by atoms with Crippen molar-refractivity contribution >= 4 is 11.8 Å². The van der Waals surface area contributed by atoms with Gasteiger partial charge in [-0.2, -0.15) is 0 Å². The first-order valence-electron chi connectivity index (χ1n) is 8.42. The molecule has 2 aromatic rings. The van der Waals surface area contributed by atoms with Crippen LogP contribution in [-0.4, -0.2) is 42.2 Å². The molecule has 7 nitrogen and oxygen atoms in total. The summed E-state index contributed by atoms with van der Waals surface area (Å²) in [7, 11) is 0. The Morgan fingerprint density at radius 2 is 2.00 bits per heavy atom. The summed E-state index contributed by atoms with van der Waals surface area (Å²) in [4.78, 5) is 27.8. The van der Waals surface area contributed by atoms with E-state index in [0.29, 0.717) is 36.6 Å². The van der Waals surface area contributed by atoms with Crippen LogP contribution in [0.2, 0.25) is 0 Å². The largest absolute Gasteiger partial charge is 0.486 e. The number of hydrogen-bond acceptors (Lipinski definition) is 5. The average molecular weight is 355 g/mol. The molecule has 136 valence electrons. The van der Waals surface area contributed by atoms with Gasteiger partial charge in [0.15, 0.2) is 0 Å². The third kappa shape index (κ3) is 4.37. The van der Waals surface area contributed by atoms with Crippen molar-refractivity contribution in [2.45, 2.75) is 25.5 Å². The lowest BCUT2D eigenvalue weighted by Crippen LogP contribution is -2.51. The summed E-state index contributed by atoms with van der Waals surface area (Å²) < 4.78 is 11.4. The van der Waals surface area contributed by atoms with Crippen LogP contribution in [0.4, 0.5) is 0 Å². The van der Waals surface area contributed by atoms with Crippen LogP contribution in [0, 0.1) is 6.92 Å². The summed E-state index contributed by atoms with van der Waals surface area (Å²) >= 11 is 0. The molecule has 0 saturated carbocycles. The maximum absolute atomic E-state index is 12.5. The summed E-state index contributed by atoms with van der Waals surface area (Å²) in [5.41, 5.74) is 6.81.